The molecule has 1 aromatic rings. The molecule has 3 heteroatoms. The van der Waals surface area contributed by atoms with Crippen molar-refractivity contribution < 1.29 is 0 Å². The summed E-state index contributed by atoms with van der Waals surface area (Å²) in [7, 11) is 0. The normalized spacial score (nSPS) is 13.6. The number of nitrogens with zero attached hydrogens (tertiary/aromatic N) is 1. The smallest absolute Gasteiger partial charge is 0.144 e. The van der Waals surface area contributed by atoms with Crippen LogP contribution in [0, 0.1) is 4.91 Å². The molecule has 0 fully saturated rings. The Morgan fingerprint density at radius 3 is 2.71 bits per heavy atom. The second kappa shape index (κ2) is 6.43. The second-order valence-electron chi connectivity index (χ2n) is 3.54. The molecule has 1 atom stereocenters. The summed E-state index contributed by atoms with van der Waals surface area (Å²) in [5.74, 6) is 0. The van der Waals surface area contributed by atoms with Gasteiger partial charge in [-0.2, -0.15) is 0 Å². The monoisotopic (exact) mass is 228 g/mol. The van der Waals surface area contributed by atoms with Gasteiger partial charge in [0, 0.05) is 11.3 Å². The van der Waals surface area contributed by atoms with Gasteiger partial charge < -0.3 is 5.73 Å². The molecule has 0 saturated heterocycles. The first-order valence-corrected chi connectivity index (χ1v) is 5.36. The highest BCUT2D eigenvalue weighted by Gasteiger charge is 2.17. The first-order valence-electron chi connectivity index (χ1n) is 5.36. The van der Waals surface area contributed by atoms with Crippen LogP contribution >= 0.6 is 0 Å². The van der Waals surface area contributed by atoms with Crippen molar-refractivity contribution in [1.29, 1.82) is 0 Å². The molecule has 17 heavy (non-hydrogen) atoms. The van der Waals surface area contributed by atoms with E-state index in [1.54, 1.807) is 18.2 Å². The van der Waals surface area contributed by atoms with Crippen molar-refractivity contribution in [1.82, 2.24) is 0 Å². The van der Waals surface area contributed by atoms with Crippen LogP contribution in [0.1, 0.15) is 18.5 Å². The number of hydrogen-bond donors (Lipinski definition) is 1. The maximum absolute atomic E-state index is 11.0. The van der Waals surface area contributed by atoms with Gasteiger partial charge in [0.1, 0.15) is 6.04 Å². The van der Waals surface area contributed by atoms with Crippen molar-refractivity contribution in [3.05, 3.63) is 71.2 Å². The number of nitroso groups, excluding NO2 is 1. The Kier molecular flexibility index (Phi) is 4.88. The molecule has 0 amide bonds. The first-order chi connectivity index (χ1) is 8.24. The van der Waals surface area contributed by atoms with Gasteiger partial charge in [-0.1, -0.05) is 54.3 Å². The Balaban J connectivity index is 3.23. The molecule has 3 nitrogen and oxygen atoms in total. The molecule has 0 aliphatic rings. The van der Waals surface area contributed by atoms with Crippen LogP contribution in [-0.4, -0.2) is 0 Å². The van der Waals surface area contributed by atoms with Crippen LogP contribution in [0.5, 0.6) is 0 Å². The highest BCUT2D eigenvalue weighted by atomic mass is 16.3. The molecule has 0 radical (unpaired) electrons. The minimum atomic E-state index is -0.592. The molecule has 1 rings (SSSR count). The third kappa shape index (κ3) is 3.14. The van der Waals surface area contributed by atoms with E-state index in [2.05, 4.69) is 11.8 Å². The van der Waals surface area contributed by atoms with Gasteiger partial charge in [-0.25, -0.2) is 0 Å². The maximum atomic E-state index is 11.0. The second-order valence-corrected chi connectivity index (χ2v) is 3.54. The summed E-state index contributed by atoms with van der Waals surface area (Å²) in [6.07, 6.45) is 7.08. The Morgan fingerprint density at radius 1 is 1.47 bits per heavy atom. The Bertz CT molecular complexity index is 461. The van der Waals surface area contributed by atoms with E-state index in [0.29, 0.717) is 11.3 Å². The number of rotatable bonds is 5. The largest absolute Gasteiger partial charge is 0.398 e. The van der Waals surface area contributed by atoms with Gasteiger partial charge in [-0.05, 0) is 18.6 Å². The molecule has 88 valence electrons. The third-order valence-electron chi connectivity index (χ3n) is 2.38. The molecule has 0 heterocycles. The fraction of sp³-hybridized carbons (Fsp3) is 0.143. The van der Waals surface area contributed by atoms with E-state index in [9.17, 15) is 4.91 Å². The summed E-state index contributed by atoms with van der Waals surface area (Å²) < 4.78 is 0. The van der Waals surface area contributed by atoms with Gasteiger partial charge in [-0.15, -0.1) is 4.91 Å². The maximum Gasteiger partial charge on any atom is 0.144 e. The predicted molar refractivity (Wildman–Crippen MR) is 72.5 cm³/mol. The van der Waals surface area contributed by atoms with Crippen LogP contribution in [0.15, 0.2) is 65.9 Å². The molecule has 1 unspecified atom stereocenters. The molecule has 0 bridgehead atoms. The van der Waals surface area contributed by atoms with Crippen LogP contribution in [-0.2, 0) is 0 Å². The van der Waals surface area contributed by atoms with Crippen molar-refractivity contribution >= 4 is 5.69 Å². The lowest BCUT2D eigenvalue weighted by Crippen LogP contribution is -2.02. The Hall–Kier alpha value is -2.16. The van der Waals surface area contributed by atoms with Gasteiger partial charge in [-0.3, -0.25) is 0 Å². The van der Waals surface area contributed by atoms with E-state index >= 15 is 0 Å². The van der Waals surface area contributed by atoms with Crippen molar-refractivity contribution in [2.24, 2.45) is 5.18 Å². The summed E-state index contributed by atoms with van der Waals surface area (Å²) in [6, 6.07) is 6.64. The van der Waals surface area contributed by atoms with Crippen molar-refractivity contribution in [3.8, 4) is 0 Å². The molecule has 0 aliphatic heterocycles. The van der Waals surface area contributed by atoms with Crippen LogP contribution in [0.3, 0.4) is 0 Å². The van der Waals surface area contributed by atoms with E-state index in [-0.39, 0.29) is 0 Å². The van der Waals surface area contributed by atoms with E-state index in [4.69, 9.17) is 5.73 Å². The number of benzene rings is 1. The molecule has 1 aromatic carbocycles. The number of anilines is 1. The fourth-order valence-electron chi connectivity index (χ4n) is 1.62. The van der Waals surface area contributed by atoms with E-state index in [0.717, 1.165) is 5.57 Å². The molecule has 0 aliphatic carbocycles. The highest BCUT2D eigenvalue weighted by molar-refractivity contribution is 5.52. The SMILES string of the molecule is C=C/C=C(\C=C/C)C(N=O)c1ccccc1N. The molecule has 2 N–H and O–H groups in total. The first kappa shape index (κ1) is 12.9. The van der Waals surface area contributed by atoms with Crippen LogP contribution in [0.4, 0.5) is 5.69 Å². The van der Waals surface area contributed by atoms with Gasteiger partial charge in [0.25, 0.3) is 0 Å². The molecular weight excluding hydrogens is 212 g/mol. The minimum absolute atomic E-state index is 0.566. The van der Waals surface area contributed by atoms with Crippen LogP contribution in [0.25, 0.3) is 0 Å². The zero-order chi connectivity index (χ0) is 12.7. The van der Waals surface area contributed by atoms with Gasteiger partial charge in [0.2, 0.25) is 0 Å². The lowest BCUT2D eigenvalue weighted by molar-refractivity contribution is 0.865. The molecule has 0 spiro atoms. The topological polar surface area (TPSA) is 55.5 Å². The number of allylic oxidation sites excluding steroid dienone is 3. The average Bonchev–Trinajstić information content (AvgIpc) is 2.33. The average molecular weight is 228 g/mol. The summed E-state index contributed by atoms with van der Waals surface area (Å²) in [6.45, 7) is 5.51. The Labute approximate surface area is 101 Å². The van der Waals surface area contributed by atoms with Gasteiger partial charge >= 0.3 is 0 Å². The standard InChI is InChI=1S/C14H16N2O/c1-3-7-11(8-4-2)14(16-17)12-9-5-6-10-13(12)15/h3-10,14H,1,15H2,2H3/b8-4-,11-7+. The number of hydrogen-bond acceptors (Lipinski definition) is 3. The molecule has 0 saturated carbocycles. The fourth-order valence-corrected chi connectivity index (χ4v) is 1.62. The van der Waals surface area contributed by atoms with Crippen LogP contribution < -0.4 is 5.73 Å². The van der Waals surface area contributed by atoms with E-state index < -0.39 is 6.04 Å². The van der Waals surface area contributed by atoms with Crippen molar-refractivity contribution in [2.75, 3.05) is 5.73 Å². The molecular formula is C14H16N2O. The lowest BCUT2D eigenvalue weighted by Gasteiger charge is -2.12. The minimum Gasteiger partial charge on any atom is -0.398 e. The van der Waals surface area contributed by atoms with E-state index in [1.165, 1.54) is 0 Å². The zero-order valence-electron chi connectivity index (χ0n) is 9.84. The summed E-state index contributed by atoms with van der Waals surface area (Å²) in [5, 5.41) is 3.16. The van der Waals surface area contributed by atoms with Crippen molar-refractivity contribution in [3.63, 3.8) is 0 Å². The zero-order valence-corrected chi connectivity index (χ0v) is 9.84. The van der Waals surface area contributed by atoms with Gasteiger partial charge in [0.15, 0.2) is 0 Å². The van der Waals surface area contributed by atoms with E-state index in [1.807, 2.05) is 37.3 Å². The summed E-state index contributed by atoms with van der Waals surface area (Å²) >= 11 is 0. The highest BCUT2D eigenvalue weighted by Crippen LogP contribution is 2.30. The third-order valence-corrected chi connectivity index (χ3v) is 2.38. The number of para-hydroxylation sites is 1. The quantitative estimate of drug-likeness (QED) is 0.474. The van der Waals surface area contributed by atoms with Crippen molar-refractivity contribution in [2.45, 2.75) is 13.0 Å². The summed E-state index contributed by atoms with van der Waals surface area (Å²) in [5.41, 5.74) is 7.91. The van der Waals surface area contributed by atoms with Gasteiger partial charge in [0.05, 0.1) is 0 Å². The molecule has 0 aromatic heterocycles. The van der Waals surface area contributed by atoms with Crippen LogP contribution in [0.2, 0.25) is 0 Å². The predicted octanol–water partition coefficient (Wildman–Crippen LogP) is 3.76. The summed E-state index contributed by atoms with van der Waals surface area (Å²) in [4.78, 5) is 11.0. The Morgan fingerprint density at radius 2 is 2.18 bits per heavy atom. The lowest BCUT2D eigenvalue weighted by atomic mass is 9.97. The number of nitrogens with two attached hydrogens (primary N) is 1. The number of nitrogen functional groups attached to an aromatic ring is 1.